The Labute approximate surface area is 349 Å². The van der Waals surface area contributed by atoms with Crippen molar-refractivity contribution in [1.82, 2.24) is 19.5 Å². The van der Waals surface area contributed by atoms with E-state index in [2.05, 4.69) is 0 Å². The summed E-state index contributed by atoms with van der Waals surface area (Å²) in [7, 11) is 0. The minimum atomic E-state index is -0.857. The molecule has 0 aliphatic carbocycles. The lowest BCUT2D eigenvalue weighted by atomic mass is 9.97. The second-order valence-corrected chi connectivity index (χ2v) is 12.1. The summed E-state index contributed by atoms with van der Waals surface area (Å²) in [5.74, 6) is 0.440. The Morgan fingerprint density at radius 2 is 0.873 bits per heavy atom. The van der Waals surface area contributed by atoms with Crippen molar-refractivity contribution in [2.45, 2.75) is 0 Å². The van der Waals surface area contributed by atoms with Crippen LogP contribution in [0.3, 0.4) is 0 Å². The van der Waals surface area contributed by atoms with E-state index in [-0.39, 0.29) is 34.3 Å². The van der Waals surface area contributed by atoms with Crippen molar-refractivity contribution in [2.24, 2.45) is 0 Å². The van der Waals surface area contributed by atoms with E-state index in [0.717, 1.165) is 4.57 Å². The fourth-order valence-corrected chi connectivity index (χ4v) is 6.33. The highest BCUT2D eigenvalue weighted by Gasteiger charge is 2.20. The monoisotopic (exact) mass is 723 g/mol. The Morgan fingerprint density at radius 3 is 1.53 bits per heavy atom. The van der Waals surface area contributed by atoms with Gasteiger partial charge in [0, 0.05) is 33.0 Å². The van der Waals surface area contributed by atoms with Crippen LogP contribution in [-0.2, 0) is 0 Å². The van der Waals surface area contributed by atoms with Gasteiger partial charge in [0.05, 0.1) is 45.5 Å². The summed E-state index contributed by atoms with van der Waals surface area (Å²) in [6, 6.07) is 5.02. The first kappa shape index (κ1) is 17.1. The van der Waals surface area contributed by atoms with E-state index in [1.54, 1.807) is 60.7 Å². The molecule has 0 spiro atoms. The number of nitrogens with zero attached hydrogens (tertiary/aromatic N) is 4. The molecule has 4 nitrogen and oxygen atoms in total. The molecule has 10 rings (SSSR count). The maximum absolute atomic E-state index is 9.66. The molecule has 0 aliphatic rings. The largest absolute Gasteiger partial charge is 0.309 e. The number of hydrogen-bond donors (Lipinski definition) is 0. The van der Waals surface area contributed by atoms with Gasteiger partial charge in [-0.2, -0.15) is 0 Å². The van der Waals surface area contributed by atoms with Crippen molar-refractivity contribution >= 4 is 21.8 Å². The summed E-state index contributed by atoms with van der Waals surface area (Å²) in [6.07, 6.45) is 0. The van der Waals surface area contributed by atoms with E-state index in [1.807, 2.05) is 0 Å². The minimum Gasteiger partial charge on any atom is -0.309 e. The lowest BCUT2D eigenvalue weighted by molar-refractivity contribution is 1.07. The van der Waals surface area contributed by atoms with E-state index >= 15 is 0 Å². The zero-order chi connectivity index (χ0) is 54.8. The van der Waals surface area contributed by atoms with Crippen molar-refractivity contribution in [2.75, 3.05) is 0 Å². The van der Waals surface area contributed by atoms with Crippen LogP contribution in [0.5, 0.6) is 0 Å². The quantitative estimate of drug-likeness (QED) is 0.164. The second-order valence-electron chi connectivity index (χ2n) is 12.1. The van der Waals surface area contributed by atoms with Crippen molar-refractivity contribution < 1.29 is 28.8 Å². The van der Waals surface area contributed by atoms with Crippen molar-refractivity contribution in [1.29, 1.82) is 0 Å². The first-order chi connectivity index (χ1) is 36.0. The third-order valence-corrected chi connectivity index (χ3v) is 8.81. The van der Waals surface area contributed by atoms with E-state index < -0.39 is 177 Å². The average Bonchev–Trinajstić information content (AvgIpc) is 4.04. The fraction of sp³-hybridized carbons (Fsp3) is 0. The molecule has 2 heterocycles. The molecule has 8 aromatic carbocycles. The Bertz CT molecular complexity index is 4040. The van der Waals surface area contributed by atoms with Crippen LogP contribution in [0.15, 0.2) is 206 Å². The highest BCUT2D eigenvalue weighted by molar-refractivity contribution is 6.16. The van der Waals surface area contributed by atoms with Crippen molar-refractivity contribution in [3.05, 3.63) is 206 Å². The van der Waals surface area contributed by atoms with Crippen LogP contribution >= 0.6 is 0 Å². The summed E-state index contributed by atoms with van der Waals surface area (Å²) in [5, 5.41) is -0.802. The maximum atomic E-state index is 9.66. The molecule has 0 amide bonds. The SMILES string of the molecule is [2H]c1c([2H])c([2H])c(-c2c([2H])c([2H])c(-c3cc(-c4nc(-c5ccccc5)nc(-c5ccccc5)n4)ccc3-n3c4c([2H])c([2H])c([2H])c([2H])c4c4c(-c5c([2H])c([2H])c([2H])c([2H])c5[2H])c([2H])c([2H])c([2H])c43)c([2H])c2[2H])c([2H])c1[2H]. The first-order valence-electron chi connectivity index (χ1n) is 27.3. The first-order valence-corrected chi connectivity index (χ1v) is 16.8. The molecular formula is C51H34N4. The summed E-state index contributed by atoms with van der Waals surface area (Å²) >= 11 is 0. The summed E-state index contributed by atoms with van der Waals surface area (Å²) in [4.78, 5) is 14.4. The van der Waals surface area contributed by atoms with Gasteiger partial charge in [0.2, 0.25) is 0 Å². The number of fused-ring (bicyclic) bond motifs is 3. The van der Waals surface area contributed by atoms with Gasteiger partial charge in [0.1, 0.15) is 0 Å². The zero-order valence-corrected chi connectivity index (χ0v) is 28.3. The molecule has 10 aromatic rings. The van der Waals surface area contributed by atoms with Crippen molar-refractivity contribution in [3.8, 4) is 73.2 Å². The Balaban J connectivity index is 1.41. The molecule has 0 bridgehead atoms. The van der Waals surface area contributed by atoms with E-state index in [9.17, 15) is 12.3 Å². The minimum absolute atomic E-state index is 0.00703. The molecule has 4 heteroatoms. The highest BCUT2D eigenvalue weighted by Crippen LogP contribution is 2.42. The molecule has 0 unspecified atom stereocenters. The van der Waals surface area contributed by atoms with Gasteiger partial charge in [-0.1, -0.05) is 175 Å². The summed E-state index contributed by atoms with van der Waals surface area (Å²) in [5.41, 5.74) is -2.99. The van der Waals surface area contributed by atoms with E-state index in [4.69, 9.17) is 31.4 Å². The van der Waals surface area contributed by atoms with Crippen molar-refractivity contribution in [3.63, 3.8) is 0 Å². The molecule has 0 saturated heterocycles. The predicted molar refractivity (Wildman–Crippen MR) is 227 cm³/mol. The van der Waals surface area contributed by atoms with Crippen LogP contribution in [0.4, 0.5) is 0 Å². The van der Waals surface area contributed by atoms with Crippen LogP contribution < -0.4 is 0 Å². The number of aromatic nitrogens is 4. The van der Waals surface area contributed by atoms with Crippen LogP contribution in [0.1, 0.15) is 28.8 Å². The zero-order valence-electron chi connectivity index (χ0n) is 49.3. The highest BCUT2D eigenvalue weighted by atomic mass is 15.0. The van der Waals surface area contributed by atoms with Gasteiger partial charge in [-0.3, -0.25) is 0 Å². The standard InChI is InChI=1S/C51H34N4/c1-5-16-35(17-6-1)36-28-30-38(31-29-36)44-34-41(51-53-49(39-20-9-3-10-21-39)52-50(54-51)40-22-11-4-12-23-40)32-33-46(44)55-45-26-14-13-24-43(45)48-42(25-15-27-47(48)55)37-18-7-2-8-19-37/h1-34H/i1D,2D,5D,6D,7D,8D,13D,14D,15D,16D,17D,18D,19D,24D,25D,26D,27D,28D,29D,30D,31D. The second kappa shape index (κ2) is 13.8. The predicted octanol–water partition coefficient (Wildman–Crippen LogP) is 13.0. The van der Waals surface area contributed by atoms with Crippen LogP contribution in [0, 0.1) is 0 Å². The molecule has 258 valence electrons. The molecule has 0 atom stereocenters. The van der Waals surface area contributed by atoms with Gasteiger partial charge in [0.25, 0.3) is 0 Å². The average molecular weight is 724 g/mol. The van der Waals surface area contributed by atoms with Gasteiger partial charge < -0.3 is 4.57 Å². The van der Waals surface area contributed by atoms with E-state index in [1.165, 1.54) is 18.2 Å². The molecule has 55 heavy (non-hydrogen) atoms. The van der Waals surface area contributed by atoms with Gasteiger partial charge in [0.15, 0.2) is 17.5 Å². The molecule has 0 aliphatic heterocycles. The van der Waals surface area contributed by atoms with Gasteiger partial charge in [-0.25, -0.2) is 15.0 Å². The molecule has 2 aromatic heterocycles. The van der Waals surface area contributed by atoms with Gasteiger partial charge >= 0.3 is 0 Å². The smallest absolute Gasteiger partial charge is 0.164 e. The summed E-state index contributed by atoms with van der Waals surface area (Å²) < 4.78 is 189. The fourth-order valence-electron chi connectivity index (χ4n) is 6.33. The van der Waals surface area contributed by atoms with E-state index in [0.29, 0.717) is 11.1 Å². The summed E-state index contributed by atoms with van der Waals surface area (Å²) in [6.45, 7) is 0. The lowest BCUT2D eigenvalue weighted by Crippen LogP contribution is -2.02. The van der Waals surface area contributed by atoms with Crippen LogP contribution in [0.25, 0.3) is 95.0 Å². The topological polar surface area (TPSA) is 43.6 Å². The number of para-hydroxylation sites is 1. The van der Waals surface area contributed by atoms with Crippen LogP contribution in [-0.4, -0.2) is 19.5 Å². The molecule has 0 saturated carbocycles. The number of benzene rings is 8. The lowest BCUT2D eigenvalue weighted by Gasteiger charge is -2.17. The number of hydrogen-bond acceptors (Lipinski definition) is 3. The normalized spacial score (nSPS) is 16.6. The third-order valence-electron chi connectivity index (χ3n) is 8.81. The maximum Gasteiger partial charge on any atom is 0.164 e. The molecular weight excluding hydrogens is 669 g/mol. The molecule has 0 N–H and O–H groups in total. The van der Waals surface area contributed by atoms with Gasteiger partial charge in [-0.15, -0.1) is 0 Å². The van der Waals surface area contributed by atoms with Crippen LogP contribution in [0.2, 0.25) is 0 Å². The molecule has 0 radical (unpaired) electrons. The molecule has 0 fully saturated rings. The Morgan fingerprint density at radius 1 is 0.364 bits per heavy atom. The van der Waals surface area contributed by atoms with Gasteiger partial charge in [-0.05, 0) is 58.1 Å². The Hall–Kier alpha value is -7.43. The third kappa shape index (κ3) is 5.96. The Kier molecular flexibility index (Phi) is 4.32. The number of rotatable bonds is 7.